The zero-order valence-corrected chi connectivity index (χ0v) is 10.6. The van der Waals surface area contributed by atoms with Gasteiger partial charge in [0.1, 0.15) is 11.6 Å². The number of benzene rings is 1. The van der Waals surface area contributed by atoms with Gasteiger partial charge >= 0.3 is 0 Å². The van der Waals surface area contributed by atoms with Gasteiger partial charge in [0.25, 0.3) is 0 Å². The highest BCUT2D eigenvalue weighted by Crippen LogP contribution is 2.13. The van der Waals surface area contributed by atoms with Gasteiger partial charge in [-0.15, -0.1) is 0 Å². The molecule has 0 amide bonds. The number of imidazole rings is 1. The molecule has 1 heterocycles. The minimum Gasteiger partial charge on any atom is -0.338 e. The number of hydrogen-bond acceptors (Lipinski definition) is 2. The van der Waals surface area contributed by atoms with Gasteiger partial charge in [0.2, 0.25) is 0 Å². The molecule has 0 bridgehead atoms. The number of Topliss-reactive ketones (excluding diaryl/α,β-unsaturated/α-hetero) is 1. The van der Waals surface area contributed by atoms with Gasteiger partial charge in [-0.05, 0) is 11.6 Å². The summed E-state index contributed by atoms with van der Waals surface area (Å²) < 4.78 is 28.2. The first kappa shape index (κ1) is 13.4. The molecule has 0 spiro atoms. The molecule has 3 nitrogen and oxygen atoms in total. The summed E-state index contributed by atoms with van der Waals surface area (Å²) in [6.45, 7) is 0. The van der Waals surface area contributed by atoms with E-state index in [0.29, 0.717) is 6.42 Å². The average Bonchev–Trinajstić information content (AvgIpc) is 2.78. The van der Waals surface area contributed by atoms with Crippen LogP contribution in [0.1, 0.15) is 17.8 Å². The van der Waals surface area contributed by atoms with Gasteiger partial charge in [-0.1, -0.05) is 12.1 Å². The molecule has 100 valence electrons. The van der Waals surface area contributed by atoms with Crippen molar-refractivity contribution in [1.82, 2.24) is 9.55 Å². The largest absolute Gasteiger partial charge is 0.338 e. The van der Waals surface area contributed by atoms with E-state index in [4.69, 9.17) is 0 Å². The molecule has 2 rings (SSSR count). The molecule has 0 aliphatic heterocycles. The van der Waals surface area contributed by atoms with Crippen LogP contribution in [-0.4, -0.2) is 15.3 Å². The molecule has 0 aliphatic rings. The summed E-state index contributed by atoms with van der Waals surface area (Å²) in [5.74, 6) is -1.19. The Morgan fingerprint density at radius 3 is 2.84 bits per heavy atom. The summed E-state index contributed by atoms with van der Waals surface area (Å²) >= 11 is 0. The molecule has 0 unspecified atom stereocenters. The van der Waals surface area contributed by atoms with Gasteiger partial charge in [-0.25, -0.2) is 13.8 Å². The van der Waals surface area contributed by atoms with Gasteiger partial charge in [0.05, 0.1) is 0 Å². The topological polar surface area (TPSA) is 34.9 Å². The second kappa shape index (κ2) is 5.73. The van der Waals surface area contributed by atoms with Crippen molar-refractivity contribution in [1.29, 1.82) is 0 Å². The average molecular weight is 264 g/mol. The van der Waals surface area contributed by atoms with E-state index in [1.165, 1.54) is 12.1 Å². The minimum absolute atomic E-state index is 0.0893. The van der Waals surface area contributed by atoms with Gasteiger partial charge in [0, 0.05) is 38.7 Å². The molecule has 0 atom stereocenters. The van der Waals surface area contributed by atoms with Gasteiger partial charge in [-0.3, -0.25) is 4.79 Å². The van der Waals surface area contributed by atoms with Crippen molar-refractivity contribution in [3.63, 3.8) is 0 Å². The summed E-state index contributed by atoms with van der Waals surface area (Å²) in [4.78, 5) is 15.9. The molecule has 1 aromatic carbocycles. The Morgan fingerprint density at radius 1 is 1.37 bits per heavy atom. The van der Waals surface area contributed by atoms with Gasteiger partial charge in [0.15, 0.2) is 11.6 Å². The van der Waals surface area contributed by atoms with Crippen LogP contribution < -0.4 is 0 Å². The summed E-state index contributed by atoms with van der Waals surface area (Å²) in [6, 6.07) is 3.87. The number of rotatable bonds is 5. The second-order valence-electron chi connectivity index (χ2n) is 4.38. The maximum atomic E-state index is 13.4. The summed E-state index contributed by atoms with van der Waals surface area (Å²) in [5, 5.41) is 0. The summed E-state index contributed by atoms with van der Waals surface area (Å²) in [6.07, 6.45) is 4.13. The fraction of sp³-hybridized carbons (Fsp3) is 0.286. The van der Waals surface area contributed by atoms with Crippen molar-refractivity contribution in [3.8, 4) is 0 Å². The quantitative estimate of drug-likeness (QED) is 0.831. The summed E-state index contributed by atoms with van der Waals surface area (Å²) in [5.41, 5.74) is 0.102. The lowest BCUT2D eigenvalue weighted by molar-refractivity contribution is -0.118. The maximum absolute atomic E-state index is 13.4. The number of carbonyl (C=O) groups is 1. The Bertz CT molecular complexity index is 593. The zero-order chi connectivity index (χ0) is 13.8. The number of halogens is 2. The number of aryl methyl sites for hydroxylation is 2. The number of nitrogens with zero attached hydrogens (tertiary/aromatic N) is 2. The molecule has 19 heavy (non-hydrogen) atoms. The molecule has 5 heteroatoms. The third-order valence-electron chi connectivity index (χ3n) is 2.97. The number of carbonyl (C=O) groups excluding carboxylic acids is 1. The lowest BCUT2D eigenvalue weighted by Crippen LogP contribution is -2.08. The molecule has 0 radical (unpaired) electrons. The van der Waals surface area contributed by atoms with E-state index in [-0.39, 0.29) is 24.2 Å². The van der Waals surface area contributed by atoms with Gasteiger partial charge < -0.3 is 4.57 Å². The van der Waals surface area contributed by atoms with E-state index in [2.05, 4.69) is 4.98 Å². The first-order chi connectivity index (χ1) is 9.08. The monoisotopic (exact) mass is 264 g/mol. The number of aromatic nitrogens is 2. The van der Waals surface area contributed by atoms with E-state index >= 15 is 0 Å². The molecule has 0 saturated heterocycles. The minimum atomic E-state index is -0.937. The lowest BCUT2D eigenvalue weighted by Gasteiger charge is -2.04. The van der Waals surface area contributed by atoms with Crippen molar-refractivity contribution in [2.24, 2.45) is 7.05 Å². The molecule has 1 aromatic heterocycles. The zero-order valence-electron chi connectivity index (χ0n) is 10.6. The fourth-order valence-corrected chi connectivity index (χ4v) is 1.87. The Kier molecular flexibility index (Phi) is 4.04. The van der Waals surface area contributed by atoms with Crippen LogP contribution in [0.3, 0.4) is 0 Å². The molecule has 0 N–H and O–H groups in total. The Labute approximate surface area is 109 Å². The molecule has 2 aromatic rings. The third-order valence-corrected chi connectivity index (χ3v) is 2.97. The molecule has 0 aliphatic carbocycles. The van der Waals surface area contributed by atoms with Crippen molar-refractivity contribution < 1.29 is 13.6 Å². The van der Waals surface area contributed by atoms with Crippen LogP contribution in [0.15, 0.2) is 30.6 Å². The van der Waals surface area contributed by atoms with E-state index < -0.39 is 11.6 Å². The Balaban J connectivity index is 1.95. The first-order valence-electron chi connectivity index (χ1n) is 5.98. The molecular formula is C14H14F2N2O. The van der Waals surface area contributed by atoms with Crippen LogP contribution >= 0.6 is 0 Å². The SMILES string of the molecule is Cn1ccnc1CCC(=O)Cc1cccc(F)c1F. The first-order valence-corrected chi connectivity index (χ1v) is 5.98. The van der Waals surface area contributed by atoms with Crippen LogP contribution in [-0.2, 0) is 24.7 Å². The Morgan fingerprint density at radius 2 is 2.16 bits per heavy atom. The standard InChI is InChI=1S/C14H14F2N2O/c1-18-8-7-17-13(18)6-5-11(19)9-10-3-2-4-12(15)14(10)16/h2-4,7-8H,5-6,9H2,1H3. The second-order valence-corrected chi connectivity index (χ2v) is 4.38. The van der Waals surface area contributed by atoms with Gasteiger partial charge in [-0.2, -0.15) is 0 Å². The van der Waals surface area contributed by atoms with Crippen molar-refractivity contribution in [2.45, 2.75) is 19.3 Å². The van der Waals surface area contributed by atoms with Crippen molar-refractivity contribution >= 4 is 5.78 Å². The smallest absolute Gasteiger partial charge is 0.162 e. The predicted octanol–water partition coefficient (Wildman–Crippen LogP) is 2.44. The van der Waals surface area contributed by atoms with E-state index in [1.807, 2.05) is 11.6 Å². The Hall–Kier alpha value is -2.04. The van der Waals surface area contributed by atoms with E-state index in [9.17, 15) is 13.6 Å². The lowest BCUT2D eigenvalue weighted by atomic mass is 10.0. The predicted molar refractivity (Wildman–Crippen MR) is 66.6 cm³/mol. The molecule has 0 fully saturated rings. The van der Waals surface area contributed by atoms with Crippen molar-refractivity contribution in [2.75, 3.05) is 0 Å². The fourth-order valence-electron chi connectivity index (χ4n) is 1.87. The van der Waals surface area contributed by atoms with Crippen LogP contribution in [0.25, 0.3) is 0 Å². The van der Waals surface area contributed by atoms with Crippen LogP contribution in [0.2, 0.25) is 0 Å². The molecular weight excluding hydrogens is 250 g/mol. The third kappa shape index (κ3) is 3.24. The van der Waals surface area contributed by atoms with E-state index in [1.54, 1.807) is 12.4 Å². The highest BCUT2D eigenvalue weighted by Gasteiger charge is 2.12. The van der Waals surface area contributed by atoms with Crippen LogP contribution in [0.5, 0.6) is 0 Å². The normalized spacial score (nSPS) is 10.7. The number of hydrogen-bond donors (Lipinski definition) is 0. The summed E-state index contributed by atoms with van der Waals surface area (Å²) in [7, 11) is 1.85. The van der Waals surface area contributed by atoms with Crippen LogP contribution in [0.4, 0.5) is 8.78 Å². The van der Waals surface area contributed by atoms with Crippen LogP contribution in [0, 0.1) is 11.6 Å². The maximum Gasteiger partial charge on any atom is 0.162 e. The molecule has 0 saturated carbocycles. The van der Waals surface area contributed by atoms with Crippen molar-refractivity contribution in [3.05, 3.63) is 53.6 Å². The van der Waals surface area contributed by atoms with E-state index in [0.717, 1.165) is 11.9 Å². The number of ketones is 1. The highest BCUT2D eigenvalue weighted by atomic mass is 19.2. The highest BCUT2D eigenvalue weighted by molar-refractivity contribution is 5.81.